The van der Waals surface area contributed by atoms with Crippen LogP contribution in [0.25, 0.3) is 0 Å². The summed E-state index contributed by atoms with van der Waals surface area (Å²) < 4.78 is 11.0. The van der Waals surface area contributed by atoms with Crippen molar-refractivity contribution in [1.82, 2.24) is 10.6 Å². The number of ketones is 1. The van der Waals surface area contributed by atoms with E-state index in [2.05, 4.69) is 78.3 Å². The van der Waals surface area contributed by atoms with E-state index in [9.17, 15) is 29.4 Å². The molecule has 288 valence electrons. The number of aliphatic hydroxyl groups excluding tert-OH is 2. The summed E-state index contributed by atoms with van der Waals surface area (Å²) in [5.41, 5.74) is -0.805. The van der Waals surface area contributed by atoms with Gasteiger partial charge in [-0.15, -0.1) is 0 Å². The molecule has 10 heteroatoms. The lowest BCUT2D eigenvalue weighted by molar-refractivity contribution is -0.157. The van der Waals surface area contributed by atoms with E-state index >= 15 is 0 Å². The van der Waals surface area contributed by atoms with Crippen molar-refractivity contribution >= 4 is 23.6 Å². The second-order valence-electron chi connectivity index (χ2n) is 12.6. The Bertz CT molecular complexity index is 1470. The fourth-order valence-corrected chi connectivity index (χ4v) is 5.13. The number of carbonyl (C=O) groups excluding carboxylic acids is 4. The van der Waals surface area contributed by atoms with Gasteiger partial charge in [0.2, 0.25) is 11.7 Å². The fourth-order valence-electron chi connectivity index (χ4n) is 5.13. The second kappa shape index (κ2) is 26.9. The summed E-state index contributed by atoms with van der Waals surface area (Å²) in [5.74, 6) is -2.35. The number of rotatable bonds is 26. The van der Waals surface area contributed by atoms with E-state index in [1.807, 2.05) is 12.2 Å². The highest BCUT2D eigenvalue weighted by Gasteiger charge is 2.44. The Labute approximate surface area is 315 Å². The molecule has 0 bridgehead atoms. The van der Waals surface area contributed by atoms with Gasteiger partial charge in [0.05, 0.1) is 13.2 Å². The predicted octanol–water partition coefficient (Wildman–Crippen LogP) is 6.53. The van der Waals surface area contributed by atoms with Gasteiger partial charge in [-0.25, -0.2) is 4.79 Å². The SMILES string of the molecule is CCC=CCC=CCC=CCC=CCC=CCC=CCCC(=O)NCCCCC(NC(=O)C1=CC(=O)C(C)(c2ccccc2)O1)C(=O)OC(CO)CO. The summed E-state index contributed by atoms with van der Waals surface area (Å²) in [4.78, 5) is 51.1. The lowest BCUT2D eigenvalue weighted by atomic mass is 9.92. The van der Waals surface area contributed by atoms with Gasteiger partial charge >= 0.3 is 5.97 Å². The number of benzene rings is 1. The molecule has 1 aromatic rings. The molecule has 1 aliphatic heterocycles. The number of esters is 1. The maximum Gasteiger partial charge on any atom is 0.329 e. The number of unbranched alkanes of at least 4 members (excludes halogenated alkanes) is 1. The van der Waals surface area contributed by atoms with Gasteiger partial charge in [-0.1, -0.05) is 110 Å². The third-order valence-corrected chi connectivity index (χ3v) is 8.25. The molecule has 0 aromatic heterocycles. The molecule has 1 aliphatic rings. The van der Waals surface area contributed by atoms with Crippen molar-refractivity contribution < 1.29 is 38.9 Å². The van der Waals surface area contributed by atoms with E-state index in [-0.39, 0.29) is 18.1 Å². The van der Waals surface area contributed by atoms with E-state index < -0.39 is 48.6 Å². The smallest absolute Gasteiger partial charge is 0.329 e. The number of carbonyl (C=O) groups is 4. The summed E-state index contributed by atoms with van der Waals surface area (Å²) >= 11 is 0. The molecule has 0 fully saturated rings. The quantitative estimate of drug-likeness (QED) is 0.0478. The molecule has 10 nitrogen and oxygen atoms in total. The van der Waals surface area contributed by atoms with Crippen LogP contribution in [0.5, 0.6) is 0 Å². The topological polar surface area (TPSA) is 151 Å². The van der Waals surface area contributed by atoms with Gasteiger partial charge < -0.3 is 30.3 Å². The van der Waals surface area contributed by atoms with Gasteiger partial charge in [0.1, 0.15) is 12.1 Å². The van der Waals surface area contributed by atoms with Crippen LogP contribution >= 0.6 is 0 Å². The zero-order chi connectivity index (χ0) is 38.6. The monoisotopic (exact) mass is 730 g/mol. The van der Waals surface area contributed by atoms with Crippen molar-refractivity contribution in [3.05, 3.63) is 121 Å². The van der Waals surface area contributed by atoms with E-state index in [4.69, 9.17) is 9.47 Å². The average molecular weight is 731 g/mol. The normalized spacial score (nSPS) is 16.8. The van der Waals surface area contributed by atoms with E-state index in [0.29, 0.717) is 37.8 Å². The van der Waals surface area contributed by atoms with Crippen LogP contribution < -0.4 is 10.6 Å². The van der Waals surface area contributed by atoms with Gasteiger partial charge in [-0.2, -0.15) is 0 Å². The number of amides is 2. The van der Waals surface area contributed by atoms with Gasteiger partial charge in [0, 0.05) is 24.6 Å². The molecule has 53 heavy (non-hydrogen) atoms. The maximum absolute atomic E-state index is 13.1. The minimum absolute atomic E-state index is 0.0843. The molecule has 0 saturated carbocycles. The summed E-state index contributed by atoms with van der Waals surface area (Å²) in [6, 6.07) is 7.62. The summed E-state index contributed by atoms with van der Waals surface area (Å²) in [5, 5.41) is 24.2. The van der Waals surface area contributed by atoms with Crippen LogP contribution in [0.15, 0.2) is 115 Å². The molecule has 1 heterocycles. The number of allylic oxidation sites excluding steroid dienone is 12. The van der Waals surface area contributed by atoms with Crippen LogP contribution in [0.2, 0.25) is 0 Å². The lowest BCUT2D eigenvalue weighted by Crippen LogP contribution is -2.45. The molecular formula is C43H58N2O8. The Kier molecular flexibility index (Phi) is 22.5. The number of aliphatic hydroxyl groups is 2. The van der Waals surface area contributed by atoms with Crippen LogP contribution in [-0.4, -0.2) is 65.7 Å². The zero-order valence-corrected chi connectivity index (χ0v) is 31.3. The molecule has 4 N–H and O–H groups in total. The third kappa shape index (κ3) is 18.0. The van der Waals surface area contributed by atoms with Crippen LogP contribution in [-0.2, 0) is 34.3 Å². The van der Waals surface area contributed by atoms with Gasteiger partial charge in [0.25, 0.3) is 5.91 Å². The minimum Gasteiger partial charge on any atom is -0.469 e. The minimum atomic E-state index is -1.38. The van der Waals surface area contributed by atoms with Gasteiger partial charge in [-0.05, 0) is 71.1 Å². The van der Waals surface area contributed by atoms with Crippen molar-refractivity contribution in [2.24, 2.45) is 0 Å². The highest BCUT2D eigenvalue weighted by molar-refractivity contribution is 6.08. The molecular weight excluding hydrogens is 672 g/mol. The van der Waals surface area contributed by atoms with Crippen LogP contribution in [0.1, 0.15) is 90.0 Å². The molecule has 0 radical (unpaired) electrons. The van der Waals surface area contributed by atoms with Crippen LogP contribution in [0, 0.1) is 0 Å². The van der Waals surface area contributed by atoms with Crippen molar-refractivity contribution in [2.75, 3.05) is 19.8 Å². The Balaban J connectivity index is 1.67. The molecule has 2 rings (SSSR count). The first-order valence-electron chi connectivity index (χ1n) is 18.7. The Morgan fingerprint density at radius 1 is 0.811 bits per heavy atom. The van der Waals surface area contributed by atoms with Gasteiger partial charge in [0.15, 0.2) is 11.4 Å². The first kappa shape index (κ1) is 44.4. The highest BCUT2D eigenvalue weighted by Crippen LogP contribution is 2.34. The Morgan fingerprint density at radius 3 is 1.91 bits per heavy atom. The second-order valence-corrected chi connectivity index (χ2v) is 12.6. The summed E-state index contributed by atoms with van der Waals surface area (Å²) in [6.07, 6.45) is 33.4. The van der Waals surface area contributed by atoms with Crippen molar-refractivity contribution in [3.63, 3.8) is 0 Å². The van der Waals surface area contributed by atoms with E-state index in [1.165, 1.54) is 0 Å². The average Bonchev–Trinajstić information content (AvgIpc) is 3.48. The lowest BCUT2D eigenvalue weighted by Gasteiger charge is -2.25. The summed E-state index contributed by atoms with van der Waals surface area (Å²) in [7, 11) is 0. The number of ether oxygens (including phenoxy) is 2. The first-order chi connectivity index (χ1) is 25.7. The van der Waals surface area contributed by atoms with Crippen LogP contribution in [0.4, 0.5) is 0 Å². The Morgan fingerprint density at radius 2 is 1.36 bits per heavy atom. The van der Waals surface area contributed by atoms with Crippen molar-refractivity contribution in [1.29, 1.82) is 0 Å². The Hall–Kier alpha value is -4.80. The molecule has 0 spiro atoms. The largest absolute Gasteiger partial charge is 0.469 e. The molecule has 0 aliphatic carbocycles. The summed E-state index contributed by atoms with van der Waals surface area (Å²) in [6.45, 7) is 2.90. The predicted molar refractivity (Wildman–Crippen MR) is 208 cm³/mol. The maximum atomic E-state index is 13.1. The molecule has 2 amide bonds. The molecule has 2 unspecified atom stereocenters. The zero-order valence-electron chi connectivity index (χ0n) is 31.3. The molecule has 0 saturated heterocycles. The number of hydrogen-bond donors (Lipinski definition) is 4. The standard InChI is InChI=1S/C43H58N2O8/c1-3-4-5-6-7-8-9-10-11-12-13-14-15-16-17-18-19-20-24-30-40(49)44-31-26-25-29-37(42(51)52-36(33-46)34-47)45-41(50)38-32-39(48)43(2,53-38)35-27-22-21-23-28-35/h4-5,7-8,10-11,13-14,16-17,19-23,27-28,32,36-37,46-47H,3,6,9,12,15,18,24-26,29-31,33-34H2,1-2H3,(H,44,49)(H,45,50). The number of nitrogens with one attached hydrogen (secondary N) is 2. The fraction of sp³-hybridized carbons (Fsp3) is 0.442. The number of hydrogen-bond acceptors (Lipinski definition) is 8. The van der Waals surface area contributed by atoms with Gasteiger partial charge in [-0.3, -0.25) is 14.4 Å². The van der Waals surface area contributed by atoms with E-state index in [0.717, 1.165) is 44.6 Å². The van der Waals surface area contributed by atoms with Crippen LogP contribution in [0.3, 0.4) is 0 Å². The van der Waals surface area contributed by atoms with Crippen molar-refractivity contribution in [3.8, 4) is 0 Å². The molecule has 2 atom stereocenters. The highest BCUT2D eigenvalue weighted by atomic mass is 16.6. The molecule has 1 aromatic carbocycles. The van der Waals surface area contributed by atoms with Crippen molar-refractivity contribution in [2.45, 2.75) is 102 Å². The first-order valence-corrected chi connectivity index (χ1v) is 18.7. The third-order valence-electron chi connectivity index (χ3n) is 8.25. The van der Waals surface area contributed by atoms with E-state index in [1.54, 1.807) is 37.3 Å².